The molecule has 2 aromatic heterocycles. The molecule has 2 heterocycles. The van der Waals surface area contributed by atoms with Gasteiger partial charge in [0, 0.05) is 24.4 Å². The Balaban J connectivity index is 1.65. The van der Waals surface area contributed by atoms with E-state index in [2.05, 4.69) is 9.97 Å². The number of rotatable bonds is 11. The molecule has 3 rings (SSSR count). The molecule has 1 N–H and O–H groups in total. The molecule has 1 aromatic carbocycles. The quantitative estimate of drug-likeness (QED) is 0.202. The number of oxazole rings is 1. The van der Waals surface area contributed by atoms with E-state index < -0.39 is 22.6 Å². The van der Waals surface area contributed by atoms with E-state index in [1.807, 2.05) is 0 Å². The number of hydrogen-bond acceptors (Lipinski definition) is 9. The van der Waals surface area contributed by atoms with E-state index in [9.17, 15) is 19.7 Å². The number of carboxylic acid groups (broad SMARTS) is 1. The fourth-order valence-corrected chi connectivity index (χ4v) is 3.28. The number of aromatic nitrogens is 2. The molecular weight excluding hydrogens is 484 g/mol. The smallest absolute Gasteiger partial charge is 0.416 e. The molecule has 0 saturated heterocycles. The molecule has 3 aromatic rings. The van der Waals surface area contributed by atoms with E-state index in [1.165, 1.54) is 17.2 Å². The first-order chi connectivity index (χ1) is 17.5. The summed E-state index contributed by atoms with van der Waals surface area (Å²) < 4.78 is 16.4. The van der Waals surface area contributed by atoms with E-state index in [4.69, 9.17) is 19.0 Å². The summed E-state index contributed by atoms with van der Waals surface area (Å²) in [5.74, 6) is -0.637. The number of ether oxygens (including phenoxy) is 2. The third kappa shape index (κ3) is 7.75. The zero-order chi connectivity index (χ0) is 27.0. The molecule has 0 fully saturated rings. The van der Waals surface area contributed by atoms with Crippen molar-refractivity contribution in [3.05, 3.63) is 64.7 Å². The van der Waals surface area contributed by atoms with Crippen molar-refractivity contribution in [2.45, 2.75) is 45.6 Å². The fourth-order valence-electron chi connectivity index (χ4n) is 3.28. The zero-order valence-electron chi connectivity index (χ0n) is 20.7. The second-order valence-electron chi connectivity index (χ2n) is 9.01. The SMILES string of the molecule is CC(C)(C)OC(=O)N(CCCCCOc1ccccc1[N+](=O)[O-])c1cc(-c2nc(C(=O)O)co2)ccn1. The first-order valence-corrected chi connectivity index (χ1v) is 11.6. The molecule has 12 nitrogen and oxygen atoms in total. The molecule has 0 radical (unpaired) electrons. The Kier molecular flexibility index (Phi) is 8.77. The minimum atomic E-state index is -1.22. The number of aromatic carboxylic acids is 1. The lowest BCUT2D eigenvalue weighted by atomic mass is 10.2. The Morgan fingerprint density at radius 2 is 1.92 bits per heavy atom. The number of hydrogen-bond donors (Lipinski definition) is 1. The van der Waals surface area contributed by atoms with E-state index in [-0.39, 0.29) is 42.0 Å². The largest absolute Gasteiger partial charge is 0.487 e. The molecule has 0 aliphatic heterocycles. The average Bonchev–Trinajstić information content (AvgIpc) is 3.33. The van der Waals surface area contributed by atoms with Crippen LogP contribution < -0.4 is 9.64 Å². The molecule has 12 heteroatoms. The number of carbonyl (C=O) groups is 2. The maximum atomic E-state index is 13.0. The van der Waals surface area contributed by atoms with Gasteiger partial charge in [-0.1, -0.05) is 12.1 Å². The van der Waals surface area contributed by atoms with Crippen molar-refractivity contribution in [3.63, 3.8) is 0 Å². The Bertz CT molecular complexity index is 1250. The van der Waals surface area contributed by atoms with Crippen molar-refractivity contribution in [1.82, 2.24) is 9.97 Å². The van der Waals surface area contributed by atoms with Gasteiger partial charge in [0.2, 0.25) is 5.89 Å². The summed E-state index contributed by atoms with van der Waals surface area (Å²) in [4.78, 5) is 44.3. The fraction of sp³-hybridized carbons (Fsp3) is 0.360. The number of pyridine rings is 1. The van der Waals surface area contributed by atoms with E-state index in [0.717, 1.165) is 6.26 Å². The van der Waals surface area contributed by atoms with Gasteiger partial charge in [-0.2, -0.15) is 0 Å². The molecule has 0 spiro atoms. The van der Waals surface area contributed by atoms with Crippen molar-refractivity contribution in [2.24, 2.45) is 0 Å². The van der Waals surface area contributed by atoms with Gasteiger partial charge in [-0.05, 0) is 58.2 Å². The van der Waals surface area contributed by atoms with Gasteiger partial charge in [0.1, 0.15) is 17.7 Å². The van der Waals surface area contributed by atoms with Crippen molar-refractivity contribution in [1.29, 1.82) is 0 Å². The topological polar surface area (TPSA) is 158 Å². The van der Waals surface area contributed by atoms with Gasteiger partial charge in [0.05, 0.1) is 11.5 Å². The van der Waals surface area contributed by atoms with Crippen LogP contribution in [0.1, 0.15) is 50.5 Å². The van der Waals surface area contributed by atoms with Gasteiger partial charge in [0.15, 0.2) is 11.4 Å². The van der Waals surface area contributed by atoms with Crippen LogP contribution in [0, 0.1) is 10.1 Å². The van der Waals surface area contributed by atoms with Crippen molar-refractivity contribution in [3.8, 4) is 17.2 Å². The van der Waals surface area contributed by atoms with Crippen LogP contribution in [0.15, 0.2) is 53.3 Å². The van der Waals surface area contributed by atoms with Gasteiger partial charge in [-0.3, -0.25) is 15.0 Å². The molecule has 37 heavy (non-hydrogen) atoms. The molecular formula is C25H28N4O8. The highest BCUT2D eigenvalue weighted by atomic mass is 16.6. The highest BCUT2D eigenvalue weighted by Gasteiger charge is 2.25. The summed E-state index contributed by atoms with van der Waals surface area (Å²) in [7, 11) is 0. The van der Waals surface area contributed by atoms with Crippen LogP contribution in [-0.4, -0.2) is 50.8 Å². The van der Waals surface area contributed by atoms with Gasteiger partial charge in [-0.25, -0.2) is 19.6 Å². The molecule has 1 amide bonds. The monoisotopic (exact) mass is 512 g/mol. The third-order valence-electron chi connectivity index (χ3n) is 4.95. The minimum absolute atomic E-state index is 0.0809. The van der Waals surface area contributed by atoms with Crippen molar-refractivity contribution in [2.75, 3.05) is 18.1 Å². The Labute approximate surface area is 213 Å². The van der Waals surface area contributed by atoms with Gasteiger partial charge >= 0.3 is 17.7 Å². The Morgan fingerprint density at radius 1 is 1.16 bits per heavy atom. The standard InChI is InChI=1S/C25H28N4O8/c1-25(2,3)37-24(32)28(13-7-4-8-14-35-20-10-6-5-9-19(20)29(33)34)21-15-17(11-12-26-21)22-27-18(16-36-22)23(30)31/h5-6,9-12,15-16H,4,7-8,13-14H2,1-3H3,(H,30,31). The highest BCUT2D eigenvalue weighted by molar-refractivity contribution is 5.88. The van der Waals surface area contributed by atoms with Crippen LogP contribution in [-0.2, 0) is 4.74 Å². The molecule has 0 atom stereocenters. The van der Waals surface area contributed by atoms with Gasteiger partial charge in [-0.15, -0.1) is 0 Å². The molecule has 0 bridgehead atoms. The summed E-state index contributed by atoms with van der Waals surface area (Å²) >= 11 is 0. The van der Waals surface area contributed by atoms with Crippen LogP contribution in [0.2, 0.25) is 0 Å². The number of unbranched alkanes of at least 4 members (excludes halogenated alkanes) is 2. The van der Waals surface area contributed by atoms with E-state index >= 15 is 0 Å². The molecule has 0 saturated carbocycles. The Hall–Kier alpha value is -4.48. The summed E-state index contributed by atoms with van der Waals surface area (Å²) in [6.07, 6.45) is 3.76. The summed E-state index contributed by atoms with van der Waals surface area (Å²) in [5, 5.41) is 20.2. The number of carbonyl (C=O) groups excluding carboxylic acids is 1. The number of amides is 1. The average molecular weight is 513 g/mol. The predicted octanol–water partition coefficient (Wildman–Crippen LogP) is 5.33. The Morgan fingerprint density at radius 3 is 2.59 bits per heavy atom. The lowest BCUT2D eigenvalue weighted by molar-refractivity contribution is -0.385. The minimum Gasteiger partial charge on any atom is -0.487 e. The second-order valence-corrected chi connectivity index (χ2v) is 9.01. The highest BCUT2D eigenvalue weighted by Crippen LogP contribution is 2.27. The number of nitrogens with zero attached hydrogens (tertiary/aromatic N) is 4. The lowest BCUT2D eigenvalue weighted by Gasteiger charge is -2.27. The van der Waals surface area contributed by atoms with Crippen LogP contribution in [0.3, 0.4) is 0 Å². The van der Waals surface area contributed by atoms with Gasteiger partial charge in [0.25, 0.3) is 0 Å². The predicted molar refractivity (Wildman–Crippen MR) is 133 cm³/mol. The molecule has 0 aliphatic carbocycles. The normalized spacial score (nSPS) is 11.1. The van der Waals surface area contributed by atoms with Crippen molar-refractivity contribution >= 4 is 23.6 Å². The van der Waals surface area contributed by atoms with E-state index in [0.29, 0.717) is 24.8 Å². The number of para-hydroxylation sites is 2. The second kappa shape index (κ2) is 12.0. The van der Waals surface area contributed by atoms with Crippen molar-refractivity contribution < 1.29 is 33.5 Å². The summed E-state index contributed by atoms with van der Waals surface area (Å²) in [6, 6.07) is 9.34. The van der Waals surface area contributed by atoms with Crippen LogP contribution in [0.25, 0.3) is 11.5 Å². The van der Waals surface area contributed by atoms with E-state index in [1.54, 1.807) is 51.1 Å². The molecule has 196 valence electrons. The zero-order valence-corrected chi connectivity index (χ0v) is 20.7. The lowest BCUT2D eigenvalue weighted by Crippen LogP contribution is -2.38. The maximum absolute atomic E-state index is 13.0. The number of anilines is 1. The van der Waals surface area contributed by atoms with Crippen LogP contribution >= 0.6 is 0 Å². The number of nitro groups is 1. The first-order valence-electron chi connectivity index (χ1n) is 11.6. The van der Waals surface area contributed by atoms with Crippen LogP contribution in [0.4, 0.5) is 16.3 Å². The van der Waals surface area contributed by atoms with Gasteiger partial charge < -0.3 is 19.0 Å². The summed E-state index contributed by atoms with van der Waals surface area (Å²) in [6.45, 7) is 5.83. The first kappa shape index (κ1) is 27.1. The van der Waals surface area contributed by atoms with Crippen LogP contribution in [0.5, 0.6) is 5.75 Å². The number of nitro benzene ring substituents is 1. The summed E-state index contributed by atoms with van der Waals surface area (Å²) in [5.41, 5.74) is -0.611. The molecule has 0 aliphatic rings. The number of benzene rings is 1. The maximum Gasteiger partial charge on any atom is 0.416 e. The molecule has 0 unspecified atom stereocenters. The number of carboxylic acids is 1. The third-order valence-corrected chi connectivity index (χ3v) is 4.95.